The van der Waals surface area contributed by atoms with Gasteiger partial charge < -0.3 is 14.1 Å². The molecule has 1 heterocycles. The molecule has 0 unspecified atom stereocenters. The fraction of sp³-hybridized carbons (Fsp3) is 0.190. The van der Waals surface area contributed by atoms with E-state index in [1.165, 1.54) is 12.0 Å². The minimum absolute atomic E-state index is 0.115. The molecule has 6 nitrogen and oxygen atoms in total. The second kappa shape index (κ2) is 7.86. The van der Waals surface area contributed by atoms with E-state index in [-0.39, 0.29) is 24.3 Å². The van der Waals surface area contributed by atoms with Gasteiger partial charge in [-0.05, 0) is 30.2 Å². The molecule has 0 aliphatic carbocycles. The highest BCUT2D eigenvalue weighted by atomic mass is 16.5. The standard InChI is InChI=1S/C21H19NO5/c1-14-7-3-4-8-15(14)12-22(13-20(24)26-2)21(25)19-11-17(23)16-9-5-6-10-18(16)27-19/h3-11H,12-13H2,1-2H3. The smallest absolute Gasteiger partial charge is 0.325 e. The number of ether oxygens (including phenoxy) is 1. The number of carbonyl (C=O) groups excluding carboxylic acids is 2. The van der Waals surface area contributed by atoms with Gasteiger partial charge in [-0.25, -0.2) is 0 Å². The van der Waals surface area contributed by atoms with Gasteiger partial charge in [-0.1, -0.05) is 36.4 Å². The molecule has 0 fully saturated rings. The number of hydrogen-bond acceptors (Lipinski definition) is 5. The summed E-state index contributed by atoms with van der Waals surface area (Å²) in [5.74, 6) is -1.22. The van der Waals surface area contributed by atoms with Crippen LogP contribution in [0.15, 0.2) is 63.8 Å². The van der Waals surface area contributed by atoms with Crippen molar-refractivity contribution in [2.75, 3.05) is 13.7 Å². The summed E-state index contributed by atoms with van der Waals surface area (Å²) in [6.07, 6.45) is 0. The lowest BCUT2D eigenvalue weighted by atomic mass is 10.1. The van der Waals surface area contributed by atoms with E-state index >= 15 is 0 Å². The van der Waals surface area contributed by atoms with Crippen LogP contribution in [0.5, 0.6) is 0 Å². The molecule has 0 aliphatic rings. The lowest BCUT2D eigenvalue weighted by Crippen LogP contribution is -2.36. The van der Waals surface area contributed by atoms with E-state index in [2.05, 4.69) is 0 Å². The van der Waals surface area contributed by atoms with Crippen molar-refractivity contribution in [1.29, 1.82) is 0 Å². The lowest BCUT2D eigenvalue weighted by Gasteiger charge is -2.22. The highest BCUT2D eigenvalue weighted by molar-refractivity contribution is 5.95. The maximum atomic E-state index is 13.0. The summed E-state index contributed by atoms with van der Waals surface area (Å²) in [6.45, 7) is 1.86. The van der Waals surface area contributed by atoms with Crippen molar-refractivity contribution in [3.8, 4) is 0 Å². The van der Waals surface area contributed by atoms with E-state index in [1.54, 1.807) is 24.3 Å². The Morgan fingerprint density at radius 1 is 1.07 bits per heavy atom. The maximum absolute atomic E-state index is 13.0. The van der Waals surface area contributed by atoms with E-state index < -0.39 is 11.9 Å². The van der Waals surface area contributed by atoms with Gasteiger partial charge >= 0.3 is 5.97 Å². The number of para-hydroxylation sites is 1. The zero-order chi connectivity index (χ0) is 19.4. The van der Waals surface area contributed by atoms with Crippen LogP contribution in [-0.2, 0) is 16.1 Å². The molecule has 0 radical (unpaired) electrons. The number of amides is 1. The molecule has 2 aromatic carbocycles. The summed E-state index contributed by atoms with van der Waals surface area (Å²) in [6, 6.07) is 15.4. The summed E-state index contributed by atoms with van der Waals surface area (Å²) in [5, 5.41) is 0.396. The molecule has 138 valence electrons. The first-order chi connectivity index (χ1) is 13.0. The van der Waals surface area contributed by atoms with Crippen LogP contribution in [0.3, 0.4) is 0 Å². The predicted molar refractivity (Wildman–Crippen MR) is 100 cm³/mol. The average molecular weight is 365 g/mol. The van der Waals surface area contributed by atoms with Crippen LogP contribution in [0.4, 0.5) is 0 Å². The first-order valence-electron chi connectivity index (χ1n) is 8.43. The van der Waals surface area contributed by atoms with Crippen LogP contribution in [0.2, 0.25) is 0 Å². The van der Waals surface area contributed by atoms with Crippen LogP contribution in [0, 0.1) is 6.92 Å². The normalized spacial score (nSPS) is 10.6. The van der Waals surface area contributed by atoms with Crippen molar-refractivity contribution < 1.29 is 18.7 Å². The number of methoxy groups -OCH3 is 1. The Hall–Kier alpha value is -3.41. The molecule has 0 aliphatic heterocycles. The Bertz CT molecular complexity index is 1050. The van der Waals surface area contributed by atoms with E-state index in [0.29, 0.717) is 11.0 Å². The molecule has 27 heavy (non-hydrogen) atoms. The molecular formula is C21H19NO5. The molecule has 0 N–H and O–H groups in total. The minimum Gasteiger partial charge on any atom is -0.468 e. The molecule has 1 aromatic heterocycles. The number of carbonyl (C=O) groups is 2. The SMILES string of the molecule is COC(=O)CN(Cc1ccccc1C)C(=O)c1cc(=O)c2ccccc2o1. The molecule has 0 saturated carbocycles. The van der Waals surface area contributed by atoms with Crippen molar-refractivity contribution in [1.82, 2.24) is 4.90 Å². The van der Waals surface area contributed by atoms with E-state index in [1.807, 2.05) is 31.2 Å². The molecule has 6 heteroatoms. The second-order valence-corrected chi connectivity index (χ2v) is 6.13. The molecule has 0 atom stereocenters. The third kappa shape index (κ3) is 4.06. The van der Waals surface area contributed by atoms with E-state index in [0.717, 1.165) is 17.2 Å². The van der Waals surface area contributed by atoms with E-state index in [9.17, 15) is 14.4 Å². The number of aryl methyl sites for hydroxylation is 1. The molecular weight excluding hydrogens is 346 g/mol. The molecule has 0 spiro atoms. The molecule has 3 aromatic rings. The van der Waals surface area contributed by atoms with Gasteiger partial charge in [0.15, 0.2) is 11.2 Å². The van der Waals surface area contributed by atoms with Gasteiger partial charge in [-0.2, -0.15) is 0 Å². The van der Waals surface area contributed by atoms with Crippen molar-refractivity contribution in [3.05, 3.63) is 81.7 Å². The highest BCUT2D eigenvalue weighted by Crippen LogP contribution is 2.16. The summed E-state index contributed by atoms with van der Waals surface area (Å²) in [4.78, 5) is 38.4. The van der Waals surface area contributed by atoms with Crippen LogP contribution >= 0.6 is 0 Å². The van der Waals surface area contributed by atoms with Gasteiger partial charge in [0, 0.05) is 12.6 Å². The van der Waals surface area contributed by atoms with Crippen molar-refractivity contribution in [3.63, 3.8) is 0 Å². The lowest BCUT2D eigenvalue weighted by molar-refractivity contribution is -0.141. The Kier molecular flexibility index (Phi) is 5.35. The Balaban J connectivity index is 1.98. The Morgan fingerprint density at radius 2 is 1.78 bits per heavy atom. The van der Waals surface area contributed by atoms with Gasteiger partial charge in [0.05, 0.1) is 12.5 Å². The number of benzene rings is 2. The van der Waals surface area contributed by atoms with Crippen LogP contribution < -0.4 is 5.43 Å². The van der Waals surface area contributed by atoms with Crippen molar-refractivity contribution in [2.24, 2.45) is 0 Å². The second-order valence-electron chi connectivity index (χ2n) is 6.13. The third-order valence-corrected chi connectivity index (χ3v) is 4.30. The zero-order valence-corrected chi connectivity index (χ0v) is 15.1. The summed E-state index contributed by atoms with van der Waals surface area (Å²) in [7, 11) is 1.26. The third-order valence-electron chi connectivity index (χ3n) is 4.30. The predicted octanol–water partition coefficient (Wildman–Crippen LogP) is 2.92. The van der Waals surface area contributed by atoms with Gasteiger partial charge in [-0.3, -0.25) is 14.4 Å². The molecule has 1 amide bonds. The topological polar surface area (TPSA) is 76.8 Å². The molecule has 3 rings (SSSR count). The van der Waals surface area contributed by atoms with Gasteiger partial charge in [-0.15, -0.1) is 0 Å². The number of nitrogens with zero attached hydrogens (tertiary/aromatic N) is 1. The van der Waals surface area contributed by atoms with E-state index in [4.69, 9.17) is 9.15 Å². The molecule has 0 saturated heterocycles. The zero-order valence-electron chi connectivity index (χ0n) is 15.1. The first kappa shape index (κ1) is 18.4. The largest absolute Gasteiger partial charge is 0.468 e. The average Bonchev–Trinajstić information content (AvgIpc) is 2.68. The Morgan fingerprint density at radius 3 is 2.52 bits per heavy atom. The van der Waals surface area contributed by atoms with Gasteiger partial charge in [0.2, 0.25) is 0 Å². The Labute approximate surface area is 156 Å². The highest BCUT2D eigenvalue weighted by Gasteiger charge is 2.23. The number of fused-ring (bicyclic) bond motifs is 1. The number of esters is 1. The summed E-state index contributed by atoms with van der Waals surface area (Å²) < 4.78 is 10.3. The van der Waals surface area contributed by atoms with Crippen LogP contribution in [-0.4, -0.2) is 30.4 Å². The van der Waals surface area contributed by atoms with Crippen molar-refractivity contribution in [2.45, 2.75) is 13.5 Å². The minimum atomic E-state index is -0.555. The molecule has 0 bridgehead atoms. The van der Waals surface area contributed by atoms with Gasteiger partial charge in [0.1, 0.15) is 12.1 Å². The quantitative estimate of drug-likeness (QED) is 0.650. The fourth-order valence-corrected chi connectivity index (χ4v) is 2.78. The van der Waals surface area contributed by atoms with Gasteiger partial charge in [0.25, 0.3) is 5.91 Å². The monoisotopic (exact) mass is 365 g/mol. The van der Waals surface area contributed by atoms with Crippen LogP contribution in [0.1, 0.15) is 21.7 Å². The first-order valence-corrected chi connectivity index (χ1v) is 8.43. The number of rotatable bonds is 5. The fourth-order valence-electron chi connectivity index (χ4n) is 2.78. The maximum Gasteiger partial charge on any atom is 0.325 e. The van der Waals surface area contributed by atoms with Crippen LogP contribution in [0.25, 0.3) is 11.0 Å². The summed E-state index contributed by atoms with van der Waals surface area (Å²) >= 11 is 0. The number of hydrogen-bond donors (Lipinski definition) is 0. The summed E-state index contributed by atoms with van der Waals surface area (Å²) in [5.41, 5.74) is 1.88. The van der Waals surface area contributed by atoms with Crippen molar-refractivity contribution >= 4 is 22.8 Å².